The lowest BCUT2D eigenvalue weighted by molar-refractivity contribution is -0.161. The first-order valence-electron chi connectivity index (χ1n) is 12.6. The summed E-state index contributed by atoms with van der Waals surface area (Å²) < 4.78 is 42.5. The Morgan fingerprint density at radius 3 is 2.78 bits per heavy atom. The zero-order valence-corrected chi connectivity index (χ0v) is 21.1. The molecule has 2 aliphatic rings. The van der Waals surface area contributed by atoms with Gasteiger partial charge in [0.25, 0.3) is 0 Å². The van der Waals surface area contributed by atoms with Crippen molar-refractivity contribution in [2.75, 3.05) is 22.1 Å². The van der Waals surface area contributed by atoms with E-state index >= 15 is 0 Å². The molecular weight excluding hydrogens is 545 g/mol. The molecule has 18 heteroatoms. The Morgan fingerprint density at radius 2 is 2.05 bits per heavy atom. The number of H-pyrrole nitrogens is 1. The number of nitrogens with zero attached hydrogens (tertiary/aromatic N) is 11. The molecule has 0 unspecified atom stereocenters. The fourth-order valence-electron chi connectivity index (χ4n) is 5.08. The van der Waals surface area contributed by atoms with E-state index in [4.69, 9.17) is 0 Å². The lowest BCUT2D eigenvalue weighted by Gasteiger charge is -2.24. The van der Waals surface area contributed by atoms with Crippen LogP contribution in [-0.4, -0.2) is 79.4 Å². The van der Waals surface area contributed by atoms with Crippen LogP contribution in [0, 0.1) is 0 Å². The van der Waals surface area contributed by atoms with Gasteiger partial charge in [-0.1, -0.05) is 0 Å². The minimum absolute atomic E-state index is 0.00556. The fraction of sp³-hybridized carbons (Fsp3) is 0.348. The Labute approximate surface area is 228 Å². The normalized spacial score (nSPS) is 19.9. The van der Waals surface area contributed by atoms with E-state index < -0.39 is 17.6 Å². The number of aromatic amines is 1. The number of nitrogens with one attached hydrogen (secondary N) is 3. The molecule has 5 aromatic rings. The van der Waals surface area contributed by atoms with Crippen LogP contribution in [0.1, 0.15) is 31.0 Å². The number of aromatic nitrogens is 11. The van der Waals surface area contributed by atoms with Crippen molar-refractivity contribution < 1.29 is 18.0 Å². The SMILES string of the molecule is O=C(Nc1cnccn1)[C@@H]1C[C@@H](n2ncnn2)CN1c1nc(Nc2cc(C3(C(F)(F)F)CC3)[nH]n2)n2cccc2n1. The number of amides is 1. The van der Waals surface area contributed by atoms with Crippen LogP contribution < -0.4 is 15.5 Å². The van der Waals surface area contributed by atoms with Gasteiger partial charge in [-0.25, -0.2) is 4.98 Å². The summed E-state index contributed by atoms with van der Waals surface area (Å²) in [6.07, 6.45) is 3.37. The molecule has 210 valence electrons. The van der Waals surface area contributed by atoms with Crippen LogP contribution in [0.4, 0.5) is 36.7 Å². The van der Waals surface area contributed by atoms with Crippen molar-refractivity contribution in [1.82, 2.24) is 54.7 Å². The standard InChI is InChI=1S/C23H21F3N14O/c24-23(25,26)22(3-4-22)15-9-16(36-35-15)32-20-34-21(33-18-2-1-7-38(18)20)39-11-13(40-30-12-29-37-40)8-14(39)19(41)31-17-10-27-5-6-28-17/h1-2,5-7,9-10,12-14H,3-4,8,11H2,(H,28,31,41)(H2,32,33,34,35,36)/t13-,14+/m1/s1. The zero-order valence-electron chi connectivity index (χ0n) is 21.1. The number of carbonyl (C=O) groups excluding carboxylic acids is 1. The van der Waals surface area contributed by atoms with Gasteiger partial charge >= 0.3 is 6.18 Å². The summed E-state index contributed by atoms with van der Waals surface area (Å²) in [4.78, 5) is 34.0. The molecule has 1 saturated heterocycles. The van der Waals surface area contributed by atoms with Crippen LogP contribution in [0.15, 0.2) is 49.3 Å². The highest BCUT2D eigenvalue weighted by atomic mass is 19.4. The van der Waals surface area contributed by atoms with E-state index in [0.717, 1.165) is 0 Å². The maximum Gasteiger partial charge on any atom is 0.399 e. The second-order valence-electron chi connectivity index (χ2n) is 9.85. The highest BCUT2D eigenvalue weighted by Crippen LogP contribution is 2.58. The van der Waals surface area contributed by atoms with Gasteiger partial charge in [-0.15, -0.1) is 10.2 Å². The molecule has 3 N–H and O–H groups in total. The Morgan fingerprint density at radius 1 is 1.17 bits per heavy atom. The smallest absolute Gasteiger partial charge is 0.326 e. The molecule has 2 fully saturated rings. The average molecular weight is 567 g/mol. The van der Waals surface area contributed by atoms with E-state index in [9.17, 15) is 18.0 Å². The number of tetrazole rings is 1. The summed E-state index contributed by atoms with van der Waals surface area (Å²) in [5, 5.41) is 24.3. The molecule has 7 rings (SSSR count). The van der Waals surface area contributed by atoms with Crippen molar-refractivity contribution in [3.63, 3.8) is 0 Å². The molecule has 1 aliphatic carbocycles. The molecular formula is C23H21F3N14O. The summed E-state index contributed by atoms with van der Waals surface area (Å²) in [5.74, 6) is 0.552. The number of carbonyl (C=O) groups is 1. The molecule has 6 heterocycles. The van der Waals surface area contributed by atoms with Crippen LogP contribution in [0.2, 0.25) is 0 Å². The third-order valence-electron chi connectivity index (χ3n) is 7.35. The van der Waals surface area contributed by atoms with E-state index in [1.54, 1.807) is 27.6 Å². The third kappa shape index (κ3) is 4.36. The number of hydrogen-bond donors (Lipinski definition) is 3. The Balaban J connectivity index is 1.22. The number of rotatable bonds is 7. The molecule has 1 amide bonds. The van der Waals surface area contributed by atoms with E-state index in [0.29, 0.717) is 12.1 Å². The minimum Gasteiger partial charge on any atom is -0.326 e. The fourth-order valence-corrected chi connectivity index (χ4v) is 5.08. The molecule has 0 bridgehead atoms. The maximum atomic E-state index is 13.6. The highest BCUT2D eigenvalue weighted by molar-refractivity contribution is 5.96. The number of fused-ring (bicyclic) bond motifs is 1. The van der Waals surface area contributed by atoms with Gasteiger partial charge in [0, 0.05) is 37.6 Å². The second kappa shape index (κ2) is 9.20. The van der Waals surface area contributed by atoms with Crippen molar-refractivity contribution in [2.24, 2.45) is 0 Å². The third-order valence-corrected chi connectivity index (χ3v) is 7.35. The van der Waals surface area contributed by atoms with Gasteiger partial charge in [0.05, 0.1) is 17.9 Å². The highest BCUT2D eigenvalue weighted by Gasteiger charge is 2.65. The van der Waals surface area contributed by atoms with Crippen LogP contribution in [0.5, 0.6) is 0 Å². The van der Waals surface area contributed by atoms with E-state index in [2.05, 4.69) is 56.2 Å². The Hall–Kier alpha value is -5.16. The van der Waals surface area contributed by atoms with Crippen LogP contribution in [-0.2, 0) is 10.2 Å². The summed E-state index contributed by atoms with van der Waals surface area (Å²) in [5.41, 5.74) is -1.41. The quantitative estimate of drug-likeness (QED) is 0.263. The number of halogens is 3. The Bertz CT molecular complexity index is 1700. The number of anilines is 4. The molecule has 1 saturated carbocycles. The first kappa shape index (κ1) is 24.9. The van der Waals surface area contributed by atoms with Gasteiger partial charge in [0.2, 0.25) is 17.8 Å². The van der Waals surface area contributed by atoms with Crippen LogP contribution in [0.3, 0.4) is 0 Å². The maximum absolute atomic E-state index is 13.6. The number of hydrogen-bond acceptors (Lipinski definition) is 11. The van der Waals surface area contributed by atoms with Crippen LogP contribution in [0.25, 0.3) is 5.65 Å². The van der Waals surface area contributed by atoms with Gasteiger partial charge in [-0.2, -0.15) is 33.0 Å². The average Bonchev–Trinajstić information content (AvgIpc) is 3.45. The molecule has 1 aliphatic heterocycles. The van der Waals surface area contributed by atoms with Crippen LogP contribution >= 0.6 is 0 Å². The Kier molecular flexibility index (Phi) is 5.58. The second-order valence-corrected chi connectivity index (χ2v) is 9.85. The van der Waals surface area contributed by atoms with E-state index in [-0.39, 0.29) is 60.6 Å². The van der Waals surface area contributed by atoms with Crippen molar-refractivity contribution in [3.8, 4) is 0 Å². The lowest BCUT2D eigenvalue weighted by atomic mass is 10.0. The van der Waals surface area contributed by atoms with E-state index in [1.807, 2.05) is 0 Å². The molecule has 5 aromatic heterocycles. The molecule has 2 atom stereocenters. The van der Waals surface area contributed by atoms with Gasteiger partial charge < -0.3 is 15.5 Å². The van der Waals surface area contributed by atoms with Crippen molar-refractivity contribution >= 4 is 35.1 Å². The van der Waals surface area contributed by atoms with Gasteiger partial charge in [-0.3, -0.25) is 19.3 Å². The predicted molar refractivity (Wildman–Crippen MR) is 135 cm³/mol. The molecule has 0 aromatic carbocycles. The largest absolute Gasteiger partial charge is 0.399 e. The predicted octanol–water partition coefficient (Wildman–Crippen LogP) is 2.03. The zero-order chi connectivity index (χ0) is 28.2. The molecule has 41 heavy (non-hydrogen) atoms. The summed E-state index contributed by atoms with van der Waals surface area (Å²) >= 11 is 0. The molecule has 0 radical (unpaired) electrons. The summed E-state index contributed by atoms with van der Waals surface area (Å²) in [6, 6.07) is 3.79. The van der Waals surface area contributed by atoms with Gasteiger partial charge in [-0.05, 0) is 30.2 Å². The minimum atomic E-state index is -4.38. The topological polar surface area (TPSA) is 173 Å². The molecule has 0 spiro atoms. The monoisotopic (exact) mass is 566 g/mol. The summed E-state index contributed by atoms with van der Waals surface area (Å²) in [7, 11) is 0. The van der Waals surface area contributed by atoms with Crippen molar-refractivity contribution in [2.45, 2.75) is 42.9 Å². The van der Waals surface area contributed by atoms with E-state index in [1.165, 1.54) is 35.8 Å². The van der Waals surface area contributed by atoms with Gasteiger partial charge in [0.1, 0.15) is 17.1 Å². The first-order chi connectivity index (χ1) is 19.8. The van der Waals surface area contributed by atoms with Crippen molar-refractivity contribution in [1.29, 1.82) is 0 Å². The van der Waals surface area contributed by atoms with Gasteiger partial charge in [0.15, 0.2) is 18.0 Å². The summed E-state index contributed by atoms with van der Waals surface area (Å²) in [6.45, 7) is 0.284. The lowest BCUT2D eigenvalue weighted by Crippen LogP contribution is -2.41. The number of alkyl halides is 3. The molecule has 15 nitrogen and oxygen atoms in total. The first-order valence-corrected chi connectivity index (χ1v) is 12.6. The van der Waals surface area contributed by atoms with Crippen molar-refractivity contribution in [3.05, 3.63) is 55.0 Å².